The average Bonchev–Trinajstić information content (AvgIpc) is 3.33. The number of methoxy groups -OCH3 is 1. The third-order valence-electron chi connectivity index (χ3n) is 7.04. The van der Waals surface area contributed by atoms with Crippen molar-refractivity contribution in [3.05, 3.63) is 59.2 Å². The van der Waals surface area contributed by atoms with Crippen molar-refractivity contribution in [2.75, 3.05) is 13.7 Å². The van der Waals surface area contributed by atoms with E-state index in [0.717, 1.165) is 38.8 Å². The van der Waals surface area contributed by atoms with Gasteiger partial charge in [0, 0.05) is 34.7 Å². The SMILES string of the molecule is COCC(C)(C)c1c([C@H]2C[C@](F)(C(=O)O)C2)c2cc3[nH]ncc3cc2n1-c1ccc(F)c(C)c1. The number of aromatic nitrogens is 3. The number of carboxylic acid groups (broad SMARTS) is 1. The van der Waals surface area contributed by atoms with Gasteiger partial charge in [-0.15, -0.1) is 0 Å². The fraction of sp³-hybridized carbons (Fsp3) is 0.385. The molecular formula is C26H27F2N3O3. The lowest BCUT2D eigenvalue weighted by Crippen LogP contribution is -2.46. The summed E-state index contributed by atoms with van der Waals surface area (Å²) in [6.45, 7) is 6.21. The van der Waals surface area contributed by atoms with Crippen LogP contribution in [0.4, 0.5) is 8.78 Å². The highest BCUT2D eigenvalue weighted by atomic mass is 19.1. The van der Waals surface area contributed by atoms with Crippen molar-refractivity contribution in [2.45, 2.75) is 50.6 Å². The van der Waals surface area contributed by atoms with Gasteiger partial charge in [-0.3, -0.25) is 5.10 Å². The number of H-pyrrole nitrogens is 1. The van der Waals surface area contributed by atoms with Crippen molar-refractivity contribution in [3.63, 3.8) is 0 Å². The second kappa shape index (κ2) is 7.63. The number of aryl methyl sites for hydroxylation is 1. The maximum Gasteiger partial charge on any atom is 0.341 e. The molecule has 5 rings (SSSR count). The predicted molar refractivity (Wildman–Crippen MR) is 126 cm³/mol. The summed E-state index contributed by atoms with van der Waals surface area (Å²) in [4.78, 5) is 11.5. The van der Waals surface area contributed by atoms with E-state index in [1.165, 1.54) is 6.07 Å². The zero-order valence-corrected chi connectivity index (χ0v) is 19.6. The first kappa shape index (κ1) is 22.5. The highest BCUT2D eigenvalue weighted by Crippen LogP contribution is 2.53. The third-order valence-corrected chi connectivity index (χ3v) is 7.04. The summed E-state index contributed by atoms with van der Waals surface area (Å²) < 4.78 is 36.7. The second-order valence-electron chi connectivity index (χ2n) is 10.1. The van der Waals surface area contributed by atoms with Gasteiger partial charge in [0.1, 0.15) is 5.82 Å². The summed E-state index contributed by atoms with van der Waals surface area (Å²) in [7, 11) is 1.63. The molecule has 0 amide bonds. The minimum Gasteiger partial charge on any atom is -0.479 e. The van der Waals surface area contributed by atoms with Crippen LogP contribution < -0.4 is 0 Å². The van der Waals surface area contributed by atoms with Gasteiger partial charge in [-0.25, -0.2) is 13.6 Å². The zero-order valence-electron chi connectivity index (χ0n) is 19.6. The van der Waals surface area contributed by atoms with Gasteiger partial charge in [-0.05, 0) is 67.1 Å². The van der Waals surface area contributed by atoms with Crippen LogP contribution in [0.5, 0.6) is 0 Å². The van der Waals surface area contributed by atoms with E-state index >= 15 is 0 Å². The van der Waals surface area contributed by atoms with E-state index in [1.807, 2.05) is 26.0 Å². The van der Waals surface area contributed by atoms with Gasteiger partial charge < -0.3 is 14.4 Å². The molecule has 178 valence electrons. The topological polar surface area (TPSA) is 80.1 Å². The minimum absolute atomic E-state index is 0.0963. The number of nitrogens with zero attached hydrogens (tertiary/aromatic N) is 2. The van der Waals surface area contributed by atoms with Crippen LogP contribution in [0.25, 0.3) is 27.5 Å². The number of ether oxygens (including phenoxy) is 1. The van der Waals surface area contributed by atoms with E-state index in [9.17, 15) is 18.7 Å². The molecule has 1 aliphatic rings. The Labute approximate surface area is 195 Å². The lowest BCUT2D eigenvalue weighted by Gasteiger charge is -2.40. The number of aromatic amines is 1. The number of alkyl halides is 1. The molecule has 4 aromatic rings. The van der Waals surface area contributed by atoms with Gasteiger partial charge in [0.15, 0.2) is 0 Å². The van der Waals surface area contributed by atoms with Crippen LogP contribution in [0.3, 0.4) is 0 Å². The molecule has 0 saturated heterocycles. The molecule has 6 nitrogen and oxygen atoms in total. The molecule has 1 saturated carbocycles. The molecule has 1 fully saturated rings. The van der Waals surface area contributed by atoms with E-state index in [4.69, 9.17) is 4.74 Å². The summed E-state index contributed by atoms with van der Waals surface area (Å²) in [5.41, 5.74) is 2.08. The number of hydrogen-bond donors (Lipinski definition) is 2. The lowest BCUT2D eigenvalue weighted by atomic mass is 9.67. The van der Waals surface area contributed by atoms with Crippen molar-refractivity contribution in [2.24, 2.45) is 0 Å². The first-order valence-electron chi connectivity index (χ1n) is 11.3. The van der Waals surface area contributed by atoms with Crippen molar-refractivity contribution in [3.8, 4) is 5.69 Å². The summed E-state index contributed by atoms with van der Waals surface area (Å²) in [5, 5.41) is 18.3. The number of fused-ring (bicyclic) bond motifs is 2. The molecule has 0 aliphatic heterocycles. The fourth-order valence-corrected chi connectivity index (χ4v) is 5.39. The number of aliphatic carboxylic acids is 1. The third kappa shape index (κ3) is 3.31. The highest BCUT2D eigenvalue weighted by Gasteiger charge is 2.53. The quantitative estimate of drug-likeness (QED) is 0.390. The number of carboxylic acids is 1. The van der Waals surface area contributed by atoms with Crippen molar-refractivity contribution < 1.29 is 23.4 Å². The molecule has 1 aliphatic carbocycles. The van der Waals surface area contributed by atoms with E-state index in [2.05, 4.69) is 14.8 Å². The normalized spacial score (nSPS) is 20.7. The van der Waals surface area contributed by atoms with Crippen molar-refractivity contribution >= 4 is 27.8 Å². The number of rotatable bonds is 6. The summed E-state index contributed by atoms with van der Waals surface area (Å²) >= 11 is 0. The fourth-order valence-electron chi connectivity index (χ4n) is 5.39. The number of benzene rings is 2. The van der Waals surface area contributed by atoms with E-state index in [-0.39, 0.29) is 24.6 Å². The molecule has 34 heavy (non-hydrogen) atoms. The van der Waals surface area contributed by atoms with E-state index < -0.39 is 17.1 Å². The van der Waals surface area contributed by atoms with Crippen LogP contribution in [0.2, 0.25) is 0 Å². The molecule has 0 bridgehead atoms. The molecule has 0 atom stereocenters. The standard InChI is InChI=1S/C26H27F2N3O3/c1-14-7-17(5-6-19(14)27)31-21-8-15-12-29-30-20(15)9-18(21)22(23(31)25(2,3)13-34-4)16-10-26(28,11-16)24(32)33/h5-9,12,16H,10-11,13H2,1-4H3,(H,29,30)(H,32,33)/t16-,26+. The molecule has 2 aromatic heterocycles. The molecule has 0 spiro atoms. The van der Waals surface area contributed by atoms with Crippen LogP contribution in [-0.4, -0.2) is 45.2 Å². The van der Waals surface area contributed by atoms with Gasteiger partial charge in [0.05, 0.1) is 23.8 Å². The Morgan fingerprint density at radius 3 is 2.71 bits per heavy atom. The van der Waals surface area contributed by atoms with Gasteiger partial charge >= 0.3 is 5.97 Å². The molecule has 8 heteroatoms. The van der Waals surface area contributed by atoms with E-state index in [1.54, 1.807) is 32.4 Å². The number of hydrogen-bond acceptors (Lipinski definition) is 3. The Morgan fingerprint density at radius 2 is 2.06 bits per heavy atom. The monoisotopic (exact) mass is 467 g/mol. The zero-order chi connectivity index (χ0) is 24.4. The molecule has 2 N–H and O–H groups in total. The predicted octanol–water partition coefficient (Wildman–Crippen LogP) is 5.55. The minimum atomic E-state index is -2.23. The molecular weight excluding hydrogens is 440 g/mol. The number of nitrogens with one attached hydrogen (secondary N) is 1. The van der Waals surface area contributed by atoms with Crippen LogP contribution in [0.15, 0.2) is 36.5 Å². The summed E-state index contributed by atoms with van der Waals surface area (Å²) in [6, 6.07) is 8.98. The second-order valence-corrected chi connectivity index (χ2v) is 10.1. The Kier molecular flexibility index (Phi) is 5.06. The van der Waals surface area contributed by atoms with Gasteiger partial charge in [-0.2, -0.15) is 5.10 Å². The largest absolute Gasteiger partial charge is 0.479 e. The van der Waals surface area contributed by atoms with E-state index in [0.29, 0.717) is 12.2 Å². The van der Waals surface area contributed by atoms with Crippen LogP contribution in [-0.2, 0) is 14.9 Å². The Hall–Kier alpha value is -3.26. The Balaban J connectivity index is 1.86. The molecule has 0 unspecified atom stereocenters. The van der Waals surface area contributed by atoms with Crippen molar-refractivity contribution in [1.29, 1.82) is 0 Å². The van der Waals surface area contributed by atoms with Gasteiger partial charge in [-0.1, -0.05) is 13.8 Å². The van der Waals surface area contributed by atoms with Crippen LogP contribution >= 0.6 is 0 Å². The smallest absolute Gasteiger partial charge is 0.341 e. The molecule has 2 aromatic carbocycles. The first-order valence-corrected chi connectivity index (χ1v) is 11.3. The van der Waals surface area contributed by atoms with Gasteiger partial charge in [0.25, 0.3) is 0 Å². The number of carbonyl (C=O) groups is 1. The van der Waals surface area contributed by atoms with Crippen LogP contribution in [0, 0.1) is 12.7 Å². The lowest BCUT2D eigenvalue weighted by molar-refractivity contribution is -0.158. The van der Waals surface area contributed by atoms with Crippen molar-refractivity contribution in [1.82, 2.24) is 14.8 Å². The highest BCUT2D eigenvalue weighted by molar-refractivity contribution is 5.99. The first-order chi connectivity index (χ1) is 16.1. The average molecular weight is 468 g/mol. The summed E-state index contributed by atoms with van der Waals surface area (Å²) in [6.07, 6.45) is 1.55. The maximum atomic E-state index is 14.9. The Bertz CT molecular complexity index is 1430. The molecule has 2 heterocycles. The number of halogens is 2. The Morgan fingerprint density at radius 1 is 1.32 bits per heavy atom. The summed E-state index contributed by atoms with van der Waals surface area (Å²) in [5.74, 6) is -1.99. The van der Waals surface area contributed by atoms with Gasteiger partial charge in [0.2, 0.25) is 5.67 Å². The van der Waals surface area contributed by atoms with Crippen LogP contribution in [0.1, 0.15) is 49.4 Å². The maximum absolute atomic E-state index is 14.9. The molecule has 0 radical (unpaired) electrons.